The summed E-state index contributed by atoms with van der Waals surface area (Å²) in [4.78, 5) is 0. The molecule has 0 atom stereocenters. The van der Waals surface area contributed by atoms with Crippen LogP contribution in [0.5, 0.6) is 5.95 Å². The highest BCUT2D eigenvalue weighted by Gasteiger charge is 2.01. The molecule has 2 aromatic rings. The Morgan fingerprint density at radius 2 is 2.15 bits per heavy atom. The van der Waals surface area contributed by atoms with Crippen molar-refractivity contribution in [1.82, 2.24) is 0 Å². The number of hydrogen-bond donors (Lipinski definition) is 0. The summed E-state index contributed by atoms with van der Waals surface area (Å²) in [7, 11) is 0. The number of rotatable bonds is 3. The number of furan rings is 1. The Hall–Kier alpha value is -1.44. The minimum Gasteiger partial charge on any atom is -0.465 e. The molecule has 0 spiro atoms. The van der Waals surface area contributed by atoms with Crippen molar-refractivity contribution < 1.29 is 9.15 Å². The molecule has 0 saturated heterocycles. The molecular formula is C11H12O2. The van der Waals surface area contributed by atoms with Crippen LogP contribution < -0.4 is 4.74 Å². The number of fused-ring (bicyclic) bond motifs is 1. The highest BCUT2D eigenvalue weighted by atomic mass is 16.6. The average Bonchev–Trinajstić information content (AvgIpc) is 2.57. The van der Waals surface area contributed by atoms with Gasteiger partial charge in [0, 0.05) is 11.5 Å². The van der Waals surface area contributed by atoms with Crippen molar-refractivity contribution in [2.75, 3.05) is 6.61 Å². The van der Waals surface area contributed by atoms with Gasteiger partial charge in [-0.25, -0.2) is 0 Å². The topological polar surface area (TPSA) is 22.4 Å². The third-order valence-electron chi connectivity index (χ3n) is 1.85. The van der Waals surface area contributed by atoms with E-state index in [1.165, 1.54) is 0 Å². The second kappa shape index (κ2) is 3.52. The van der Waals surface area contributed by atoms with E-state index in [2.05, 4.69) is 6.92 Å². The second-order valence-corrected chi connectivity index (χ2v) is 2.95. The molecule has 1 heterocycles. The maximum absolute atomic E-state index is 5.45. The van der Waals surface area contributed by atoms with E-state index in [0.717, 1.165) is 17.4 Å². The summed E-state index contributed by atoms with van der Waals surface area (Å²) in [5.74, 6) is 0.614. The average molecular weight is 176 g/mol. The van der Waals surface area contributed by atoms with Gasteiger partial charge in [-0.1, -0.05) is 25.1 Å². The lowest BCUT2D eigenvalue weighted by molar-refractivity contribution is 0.250. The van der Waals surface area contributed by atoms with E-state index in [-0.39, 0.29) is 0 Å². The predicted octanol–water partition coefficient (Wildman–Crippen LogP) is 3.22. The van der Waals surface area contributed by atoms with Gasteiger partial charge >= 0.3 is 0 Å². The fraction of sp³-hybridized carbons (Fsp3) is 0.273. The monoisotopic (exact) mass is 176 g/mol. The van der Waals surface area contributed by atoms with Crippen molar-refractivity contribution in [3.05, 3.63) is 30.3 Å². The van der Waals surface area contributed by atoms with Crippen LogP contribution in [0.1, 0.15) is 13.3 Å². The fourth-order valence-electron chi connectivity index (χ4n) is 1.23. The van der Waals surface area contributed by atoms with Gasteiger partial charge in [0.05, 0.1) is 6.61 Å². The van der Waals surface area contributed by atoms with Crippen LogP contribution in [0.2, 0.25) is 0 Å². The molecule has 0 N–H and O–H groups in total. The lowest BCUT2D eigenvalue weighted by atomic mass is 10.3. The molecule has 1 aromatic heterocycles. The SMILES string of the molecule is CCCOc1cc2ccccc2o1. The minimum absolute atomic E-state index is 0.614. The predicted molar refractivity (Wildman–Crippen MR) is 52.0 cm³/mol. The quantitative estimate of drug-likeness (QED) is 0.716. The van der Waals surface area contributed by atoms with Gasteiger partial charge in [-0.2, -0.15) is 0 Å². The molecule has 0 unspecified atom stereocenters. The van der Waals surface area contributed by atoms with Crippen LogP contribution in [-0.2, 0) is 0 Å². The number of benzene rings is 1. The molecule has 2 nitrogen and oxygen atoms in total. The van der Waals surface area contributed by atoms with Crippen LogP contribution in [0.4, 0.5) is 0 Å². The summed E-state index contributed by atoms with van der Waals surface area (Å²) in [5.41, 5.74) is 0.883. The molecule has 13 heavy (non-hydrogen) atoms. The molecule has 0 bridgehead atoms. The Morgan fingerprint density at radius 3 is 2.92 bits per heavy atom. The molecule has 0 amide bonds. The summed E-state index contributed by atoms with van der Waals surface area (Å²) < 4.78 is 10.8. The van der Waals surface area contributed by atoms with E-state index >= 15 is 0 Å². The van der Waals surface area contributed by atoms with Crippen LogP contribution >= 0.6 is 0 Å². The smallest absolute Gasteiger partial charge is 0.285 e. The Balaban J connectivity index is 2.28. The molecule has 1 aromatic carbocycles. The summed E-state index contributed by atoms with van der Waals surface area (Å²) in [6.45, 7) is 2.78. The van der Waals surface area contributed by atoms with Gasteiger partial charge in [0.25, 0.3) is 5.95 Å². The molecule has 0 fully saturated rings. The van der Waals surface area contributed by atoms with Gasteiger partial charge in [-0.05, 0) is 12.5 Å². The van der Waals surface area contributed by atoms with Gasteiger partial charge in [-0.3, -0.25) is 0 Å². The standard InChI is InChI=1S/C11H12O2/c1-2-7-12-11-8-9-5-3-4-6-10(9)13-11/h3-6,8H,2,7H2,1H3. The zero-order valence-electron chi connectivity index (χ0n) is 7.62. The van der Waals surface area contributed by atoms with Gasteiger partial charge < -0.3 is 9.15 Å². The lowest BCUT2D eigenvalue weighted by Crippen LogP contribution is -1.92. The summed E-state index contributed by atoms with van der Waals surface area (Å²) in [6.07, 6.45) is 0.997. The molecule has 2 heteroatoms. The minimum atomic E-state index is 0.614. The Morgan fingerprint density at radius 1 is 1.31 bits per heavy atom. The maximum atomic E-state index is 5.45. The Labute approximate surface area is 77.1 Å². The van der Waals surface area contributed by atoms with Crippen LogP contribution in [0, 0.1) is 0 Å². The van der Waals surface area contributed by atoms with Crippen molar-refractivity contribution >= 4 is 11.0 Å². The molecular weight excluding hydrogens is 164 g/mol. The molecule has 0 radical (unpaired) electrons. The zero-order chi connectivity index (χ0) is 9.10. The third kappa shape index (κ3) is 1.66. The highest BCUT2D eigenvalue weighted by molar-refractivity contribution is 5.78. The maximum Gasteiger partial charge on any atom is 0.285 e. The van der Waals surface area contributed by atoms with E-state index in [1.807, 2.05) is 30.3 Å². The van der Waals surface area contributed by atoms with Crippen LogP contribution in [0.15, 0.2) is 34.7 Å². The van der Waals surface area contributed by atoms with Crippen LogP contribution in [0.25, 0.3) is 11.0 Å². The Kier molecular flexibility index (Phi) is 2.21. The first-order valence-electron chi connectivity index (χ1n) is 4.51. The Bertz CT molecular complexity index is 357. The lowest BCUT2D eigenvalue weighted by Gasteiger charge is -1.96. The third-order valence-corrected chi connectivity index (χ3v) is 1.85. The zero-order valence-corrected chi connectivity index (χ0v) is 7.62. The van der Waals surface area contributed by atoms with E-state index in [4.69, 9.17) is 9.15 Å². The number of ether oxygens (including phenoxy) is 1. The first-order valence-corrected chi connectivity index (χ1v) is 4.51. The van der Waals surface area contributed by atoms with Crippen molar-refractivity contribution in [3.8, 4) is 5.95 Å². The van der Waals surface area contributed by atoms with E-state index < -0.39 is 0 Å². The van der Waals surface area contributed by atoms with E-state index in [0.29, 0.717) is 12.6 Å². The van der Waals surface area contributed by atoms with Gasteiger partial charge in [0.1, 0.15) is 5.58 Å². The highest BCUT2D eigenvalue weighted by Crippen LogP contribution is 2.24. The van der Waals surface area contributed by atoms with Crippen molar-refractivity contribution in [1.29, 1.82) is 0 Å². The molecule has 0 saturated carbocycles. The fourth-order valence-corrected chi connectivity index (χ4v) is 1.23. The largest absolute Gasteiger partial charge is 0.465 e. The summed E-state index contributed by atoms with van der Waals surface area (Å²) >= 11 is 0. The first kappa shape index (κ1) is 8.17. The summed E-state index contributed by atoms with van der Waals surface area (Å²) in [5, 5.41) is 1.09. The first-order chi connectivity index (χ1) is 6.40. The van der Waals surface area contributed by atoms with E-state index in [1.54, 1.807) is 0 Å². The van der Waals surface area contributed by atoms with Crippen molar-refractivity contribution in [2.24, 2.45) is 0 Å². The molecule has 0 aliphatic rings. The van der Waals surface area contributed by atoms with E-state index in [9.17, 15) is 0 Å². The number of hydrogen-bond acceptors (Lipinski definition) is 2. The van der Waals surface area contributed by atoms with Crippen molar-refractivity contribution in [3.63, 3.8) is 0 Å². The molecule has 2 rings (SSSR count). The molecule has 0 aliphatic carbocycles. The van der Waals surface area contributed by atoms with Crippen LogP contribution in [-0.4, -0.2) is 6.61 Å². The van der Waals surface area contributed by atoms with Gasteiger partial charge in [-0.15, -0.1) is 0 Å². The second-order valence-electron chi connectivity index (χ2n) is 2.95. The summed E-state index contributed by atoms with van der Waals surface area (Å²) in [6, 6.07) is 9.81. The molecule has 0 aliphatic heterocycles. The molecule has 68 valence electrons. The number of para-hydroxylation sites is 1. The normalized spacial score (nSPS) is 10.5. The van der Waals surface area contributed by atoms with Crippen molar-refractivity contribution in [2.45, 2.75) is 13.3 Å². The van der Waals surface area contributed by atoms with Gasteiger partial charge in [0.2, 0.25) is 0 Å². The van der Waals surface area contributed by atoms with Gasteiger partial charge in [0.15, 0.2) is 0 Å². The van der Waals surface area contributed by atoms with Crippen LogP contribution in [0.3, 0.4) is 0 Å².